The number of hydrogen-bond acceptors (Lipinski definition) is 5. The first-order valence-corrected chi connectivity index (χ1v) is 7.32. The zero-order valence-electron chi connectivity index (χ0n) is 11.6. The Hall–Kier alpha value is -1.35. The van der Waals surface area contributed by atoms with Gasteiger partial charge in [-0.2, -0.15) is 5.26 Å². The molecule has 1 unspecified atom stereocenters. The second-order valence-corrected chi connectivity index (χ2v) is 5.15. The van der Waals surface area contributed by atoms with Crippen LogP contribution in [0.4, 0.5) is 11.6 Å². The molecule has 1 aromatic rings. The van der Waals surface area contributed by atoms with Gasteiger partial charge < -0.3 is 10.2 Å². The molecule has 19 heavy (non-hydrogen) atoms. The fraction of sp³-hybridized carbons (Fsp3) is 0.615. The molecule has 1 rings (SSSR count). The largest absolute Gasteiger partial charge is 0.369 e. The van der Waals surface area contributed by atoms with Crippen LogP contribution in [0.1, 0.15) is 27.2 Å². The van der Waals surface area contributed by atoms with Crippen molar-refractivity contribution in [2.24, 2.45) is 5.92 Å². The van der Waals surface area contributed by atoms with Crippen molar-refractivity contribution in [3.05, 3.63) is 10.8 Å². The Labute approximate surface area is 123 Å². The van der Waals surface area contributed by atoms with Crippen molar-refractivity contribution < 1.29 is 0 Å². The molecule has 0 saturated heterocycles. The summed E-state index contributed by atoms with van der Waals surface area (Å²) in [7, 11) is 0. The third kappa shape index (κ3) is 4.35. The lowest BCUT2D eigenvalue weighted by Crippen LogP contribution is -2.29. The quantitative estimate of drug-likeness (QED) is 0.834. The highest BCUT2D eigenvalue weighted by Crippen LogP contribution is 2.29. The lowest BCUT2D eigenvalue weighted by atomic mass is 10.2. The Morgan fingerprint density at radius 1 is 1.47 bits per heavy atom. The lowest BCUT2D eigenvalue weighted by molar-refractivity contribution is 0.677. The molecule has 5 nitrogen and oxygen atoms in total. The molecule has 0 bridgehead atoms. The lowest BCUT2D eigenvalue weighted by Gasteiger charge is -2.24. The summed E-state index contributed by atoms with van der Waals surface area (Å²) in [6.07, 6.45) is 2.59. The molecule has 0 spiro atoms. The van der Waals surface area contributed by atoms with Crippen LogP contribution >= 0.6 is 15.9 Å². The van der Waals surface area contributed by atoms with E-state index in [1.54, 1.807) is 6.33 Å². The van der Waals surface area contributed by atoms with Gasteiger partial charge in [0, 0.05) is 19.6 Å². The van der Waals surface area contributed by atoms with Gasteiger partial charge in [0.1, 0.15) is 22.4 Å². The first-order valence-electron chi connectivity index (χ1n) is 6.52. The second-order valence-electron chi connectivity index (χ2n) is 4.36. The molecule has 1 heterocycles. The number of nitriles is 1. The van der Waals surface area contributed by atoms with Gasteiger partial charge in [-0.1, -0.05) is 6.92 Å². The molecule has 0 amide bonds. The minimum Gasteiger partial charge on any atom is -0.369 e. The number of aromatic nitrogens is 2. The predicted octanol–water partition coefficient (Wildman–Crippen LogP) is 3.05. The van der Waals surface area contributed by atoms with Crippen LogP contribution < -0.4 is 10.2 Å². The van der Waals surface area contributed by atoms with Crippen LogP contribution in [0.15, 0.2) is 10.8 Å². The number of nitrogens with one attached hydrogen (secondary N) is 1. The maximum atomic E-state index is 8.93. The number of anilines is 2. The molecule has 0 saturated carbocycles. The van der Waals surface area contributed by atoms with Crippen molar-refractivity contribution >= 4 is 27.6 Å². The minimum atomic E-state index is -0.0335. The molecule has 1 N–H and O–H groups in total. The van der Waals surface area contributed by atoms with Crippen LogP contribution in [0.5, 0.6) is 0 Å². The summed E-state index contributed by atoms with van der Waals surface area (Å²) in [5.41, 5.74) is 0. The molecule has 0 aliphatic carbocycles. The maximum absolute atomic E-state index is 8.93. The molecule has 1 aromatic heterocycles. The smallest absolute Gasteiger partial charge is 0.148 e. The molecule has 104 valence electrons. The summed E-state index contributed by atoms with van der Waals surface area (Å²) in [6, 6.07) is 2.25. The van der Waals surface area contributed by atoms with Crippen molar-refractivity contribution in [2.75, 3.05) is 29.9 Å². The Bertz CT molecular complexity index is 443. The van der Waals surface area contributed by atoms with Gasteiger partial charge in [0.25, 0.3) is 0 Å². The van der Waals surface area contributed by atoms with Crippen molar-refractivity contribution in [1.29, 1.82) is 5.26 Å². The maximum Gasteiger partial charge on any atom is 0.148 e. The van der Waals surface area contributed by atoms with Crippen LogP contribution in [0.3, 0.4) is 0 Å². The van der Waals surface area contributed by atoms with Crippen molar-refractivity contribution in [1.82, 2.24) is 9.97 Å². The summed E-state index contributed by atoms with van der Waals surface area (Å²) in [4.78, 5) is 10.6. The number of hydrogen-bond donors (Lipinski definition) is 1. The Balaban J connectivity index is 2.94. The van der Waals surface area contributed by atoms with E-state index >= 15 is 0 Å². The first-order chi connectivity index (χ1) is 9.13. The summed E-state index contributed by atoms with van der Waals surface area (Å²) in [5, 5.41) is 12.2. The molecule has 0 aliphatic rings. The van der Waals surface area contributed by atoms with Gasteiger partial charge in [0.15, 0.2) is 0 Å². The van der Waals surface area contributed by atoms with E-state index in [9.17, 15) is 0 Å². The third-order valence-electron chi connectivity index (χ3n) is 2.71. The summed E-state index contributed by atoms with van der Waals surface area (Å²) < 4.78 is 0.857. The number of nitrogens with zero attached hydrogens (tertiary/aromatic N) is 4. The first kappa shape index (κ1) is 15.7. The number of halogens is 1. The summed E-state index contributed by atoms with van der Waals surface area (Å²) in [5.74, 6) is 1.60. The molecular weight excluding hydrogens is 306 g/mol. The second kappa shape index (κ2) is 7.95. The van der Waals surface area contributed by atoms with E-state index in [0.29, 0.717) is 6.54 Å². The zero-order valence-corrected chi connectivity index (χ0v) is 13.2. The van der Waals surface area contributed by atoms with Crippen LogP contribution in [0, 0.1) is 17.2 Å². The van der Waals surface area contributed by atoms with Gasteiger partial charge in [-0.05, 0) is 36.2 Å². The number of rotatable bonds is 7. The highest BCUT2D eigenvalue weighted by molar-refractivity contribution is 9.10. The van der Waals surface area contributed by atoms with E-state index in [1.807, 2.05) is 6.92 Å². The average molecular weight is 326 g/mol. The van der Waals surface area contributed by atoms with Crippen LogP contribution in [0.25, 0.3) is 0 Å². The summed E-state index contributed by atoms with van der Waals surface area (Å²) in [6.45, 7) is 8.40. The third-order valence-corrected chi connectivity index (χ3v) is 3.44. The van der Waals surface area contributed by atoms with E-state index in [-0.39, 0.29) is 5.92 Å². The van der Waals surface area contributed by atoms with Crippen LogP contribution in [0.2, 0.25) is 0 Å². The highest BCUT2D eigenvalue weighted by Gasteiger charge is 2.16. The van der Waals surface area contributed by atoms with Gasteiger partial charge in [0.2, 0.25) is 0 Å². The van der Waals surface area contributed by atoms with Crippen LogP contribution in [-0.4, -0.2) is 29.6 Å². The normalized spacial score (nSPS) is 11.7. The standard InChI is InChI=1S/C13H20BrN5/c1-4-6-16-12-11(14)13(18-9-17-12)19(5-2)8-10(3)7-15/h9-10H,4-6,8H2,1-3H3,(H,16,17,18). The monoisotopic (exact) mass is 325 g/mol. The SMILES string of the molecule is CCCNc1ncnc(N(CC)CC(C)C#N)c1Br. The predicted molar refractivity (Wildman–Crippen MR) is 81.2 cm³/mol. The Morgan fingerprint density at radius 2 is 2.21 bits per heavy atom. The van der Waals surface area contributed by atoms with Gasteiger partial charge in [-0.15, -0.1) is 0 Å². The Morgan fingerprint density at radius 3 is 2.79 bits per heavy atom. The van der Waals surface area contributed by atoms with Crippen molar-refractivity contribution in [3.8, 4) is 6.07 Å². The van der Waals surface area contributed by atoms with E-state index in [1.165, 1.54) is 0 Å². The van der Waals surface area contributed by atoms with Gasteiger partial charge >= 0.3 is 0 Å². The van der Waals surface area contributed by atoms with E-state index < -0.39 is 0 Å². The van der Waals surface area contributed by atoms with Crippen LogP contribution in [-0.2, 0) is 0 Å². The van der Waals surface area contributed by atoms with E-state index in [4.69, 9.17) is 5.26 Å². The molecule has 0 fully saturated rings. The zero-order chi connectivity index (χ0) is 14.3. The molecule has 0 aromatic carbocycles. The molecule has 0 radical (unpaired) electrons. The average Bonchev–Trinajstić information content (AvgIpc) is 2.43. The van der Waals surface area contributed by atoms with E-state index in [0.717, 1.165) is 35.6 Å². The molecule has 1 atom stereocenters. The van der Waals surface area contributed by atoms with Crippen molar-refractivity contribution in [3.63, 3.8) is 0 Å². The van der Waals surface area contributed by atoms with E-state index in [2.05, 4.69) is 56.0 Å². The van der Waals surface area contributed by atoms with Gasteiger partial charge in [-0.25, -0.2) is 9.97 Å². The van der Waals surface area contributed by atoms with Crippen molar-refractivity contribution in [2.45, 2.75) is 27.2 Å². The van der Waals surface area contributed by atoms with Gasteiger partial charge in [-0.3, -0.25) is 0 Å². The topological polar surface area (TPSA) is 64.8 Å². The summed E-state index contributed by atoms with van der Waals surface area (Å²) >= 11 is 3.55. The molecule has 6 heteroatoms. The fourth-order valence-electron chi connectivity index (χ4n) is 1.68. The molecule has 0 aliphatic heterocycles. The molecular formula is C13H20BrN5. The Kier molecular flexibility index (Phi) is 6.57. The minimum absolute atomic E-state index is 0.0335. The highest BCUT2D eigenvalue weighted by atomic mass is 79.9. The fourth-order valence-corrected chi connectivity index (χ4v) is 2.28. The van der Waals surface area contributed by atoms with Gasteiger partial charge in [0.05, 0.1) is 12.0 Å².